The molecule has 0 spiro atoms. The third-order valence-electron chi connectivity index (χ3n) is 2.38. The molecule has 1 heterocycles. The fourth-order valence-corrected chi connectivity index (χ4v) is 1.51. The highest BCUT2D eigenvalue weighted by molar-refractivity contribution is 5.25. The zero-order chi connectivity index (χ0) is 13.2. The van der Waals surface area contributed by atoms with Crippen LogP contribution in [0.4, 0.5) is 13.2 Å². The highest BCUT2D eigenvalue weighted by atomic mass is 19.4. The molecule has 1 aromatic heterocycles. The van der Waals surface area contributed by atoms with Crippen molar-refractivity contribution in [2.24, 2.45) is 5.73 Å². The molecule has 2 rings (SSSR count). The number of nitrogens with two attached hydrogens (primary N) is 1. The van der Waals surface area contributed by atoms with Crippen LogP contribution in [0.25, 0.3) is 0 Å². The molecule has 2 N–H and O–H groups in total. The Balaban J connectivity index is 2.25. The van der Waals surface area contributed by atoms with E-state index in [2.05, 4.69) is 15.5 Å². The lowest BCUT2D eigenvalue weighted by Crippen LogP contribution is -2.12. The van der Waals surface area contributed by atoms with Gasteiger partial charge in [0.1, 0.15) is 0 Å². The van der Waals surface area contributed by atoms with Crippen molar-refractivity contribution in [2.45, 2.75) is 19.3 Å². The fourth-order valence-electron chi connectivity index (χ4n) is 1.51. The van der Waals surface area contributed by atoms with E-state index in [0.717, 1.165) is 12.1 Å². The van der Waals surface area contributed by atoms with Gasteiger partial charge in [0, 0.05) is 0 Å². The lowest BCUT2D eigenvalue weighted by Gasteiger charge is -2.09. The molecule has 0 radical (unpaired) electrons. The third-order valence-corrected chi connectivity index (χ3v) is 2.38. The van der Waals surface area contributed by atoms with Crippen LogP contribution in [0.5, 0.6) is 0 Å². The average molecular weight is 257 g/mol. The van der Waals surface area contributed by atoms with Gasteiger partial charge in [0.15, 0.2) is 5.82 Å². The van der Waals surface area contributed by atoms with E-state index in [1.807, 2.05) is 0 Å². The van der Waals surface area contributed by atoms with E-state index < -0.39 is 11.7 Å². The largest absolute Gasteiger partial charge is 0.416 e. The van der Waals surface area contributed by atoms with Gasteiger partial charge in [-0.25, -0.2) is 4.68 Å². The second kappa shape index (κ2) is 4.73. The smallest absolute Gasteiger partial charge is 0.324 e. The first-order valence-electron chi connectivity index (χ1n) is 5.12. The van der Waals surface area contributed by atoms with Crippen LogP contribution in [0.1, 0.15) is 17.0 Å². The van der Waals surface area contributed by atoms with Gasteiger partial charge in [-0.3, -0.25) is 0 Å². The Morgan fingerprint density at radius 1 is 1.28 bits per heavy atom. The van der Waals surface area contributed by atoms with Crippen LogP contribution in [-0.2, 0) is 19.3 Å². The van der Waals surface area contributed by atoms with Gasteiger partial charge in [0.25, 0.3) is 0 Å². The number of hydrogen-bond donors (Lipinski definition) is 1. The van der Waals surface area contributed by atoms with Crippen LogP contribution in [0, 0.1) is 0 Å². The van der Waals surface area contributed by atoms with Crippen molar-refractivity contribution in [3.63, 3.8) is 0 Å². The minimum Gasteiger partial charge on any atom is -0.324 e. The second-order valence-corrected chi connectivity index (χ2v) is 3.66. The predicted octanol–water partition coefficient (Wildman–Crippen LogP) is 1.20. The van der Waals surface area contributed by atoms with Crippen molar-refractivity contribution in [3.8, 4) is 0 Å². The van der Waals surface area contributed by atoms with Crippen molar-refractivity contribution in [3.05, 3.63) is 41.2 Å². The summed E-state index contributed by atoms with van der Waals surface area (Å²) in [5.74, 6) is 0.424. The first kappa shape index (κ1) is 12.5. The Bertz CT molecular complexity index is 534. The van der Waals surface area contributed by atoms with Crippen LogP contribution in [0.2, 0.25) is 0 Å². The number of alkyl halides is 3. The van der Waals surface area contributed by atoms with Crippen LogP contribution >= 0.6 is 0 Å². The molecule has 0 fully saturated rings. The zero-order valence-electron chi connectivity index (χ0n) is 9.22. The van der Waals surface area contributed by atoms with E-state index in [9.17, 15) is 13.2 Å². The quantitative estimate of drug-likeness (QED) is 0.897. The number of halogens is 3. The highest BCUT2D eigenvalue weighted by Gasteiger charge is 2.30. The lowest BCUT2D eigenvalue weighted by atomic mass is 10.1. The summed E-state index contributed by atoms with van der Waals surface area (Å²) in [5.41, 5.74) is 5.18. The van der Waals surface area contributed by atoms with Crippen molar-refractivity contribution in [1.82, 2.24) is 20.2 Å². The maximum Gasteiger partial charge on any atom is 0.416 e. The standard InChI is InChI=1S/C10H10F3N5/c11-10(12,13)8-3-1-2-7(4-8)6-18-9(5-14)15-16-17-18/h1-4H,5-6,14H2. The SMILES string of the molecule is NCc1nnnn1Cc1cccc(C(F)(F)F)c1. The van der Waals surface area contributed by atoms with E-state index in [4.69, 9.17) is 5.73 Å². The van der Waals surface area contributed by atoms with E-state index in [0.29, 0.717) is 11.4 Å². The molecule has 2 aromatic rings. The first-order chi connectivity index (χ1) is 8.50. The number of tetrazole rings is 1. The molecule has 0 aliphatic rings. The summed E-state index contributed by atoms with van der Waals surface area (Å²) in [6.07, 6.45) is -4.35. The molecule has 1 aromatic carbocycles. The second-order valence-electron chi connectivity index (χ2n) is 3.66. The number of nitrogens with zero attached hydrogens (tertiary/aromatic N) is 4. The molecule has 0 unspecified atom stereocenters. The Kier molecular flexibility index (Phi) is 3.28. The van der Waals surface area contributed by atoms with E-state index in [1.165, 1.54) is 10.7 Å². The van der Waals surface area contributed by atoms with Gasteiger partial charge < -0.3 is 5.73 Å². The summed E-state index contributed by atoms with van der Waals surface area (Å²) in [4.78, 5) is 0. The number of aromatic nitrogens is 4. The van der Waals surface area contributed by atoms with Crippen LogP contribution in [-0.4, -0.2) is 20.2 Å². The van der Waals surface area contributed by atoms with Gasteiger partial charge in [0.2, 0.25) is 0 Å². The van der Waals surface area contributed by atoms with Gasteiger partial charge in [-0.2, -0.15) is 13.2 Å². The van der Waals surface area contributed by atoms with E-state index in [1.54, 1.807) is 6.07 Å². The molecule has 0 aliphatic heterocycles. The van der Waals surface area contributed by atoms with Gasteiger partial charge in [-0.1, -0.05) is 12.1 Å². The van der Waals surface area contributed by atoms with Crippen LogP contribution in [0.3, 0.4) is 0 Å². The predicted molar refractivity (Wildman–Crippen MR) is 56.3 cm³/mol. The van der Waals surface area contributed by atoms with Crippen molar-refractivity contribution in [2.75, 3.05) is 0 Å². The highest BCUT2D eigenvalue weighted by Crippen LogP contribution is 2.29. The van der Waals surface area contributed by atoms with Gasteiger partial charge >= 0.3 is 6.18 Å². The lowest BCUT2D eigenvalue weighted by molar-refractivity contribution is -0.137. The van der Waals surface area contributed by atoms with Crippen LogP contribution in [0.15, 0.2) is 24.3 Å². The third kappa shape index (κ3) is 2.65. The summed E-state index contributed by atoms with van der Waals surface area (Å²) < 4.78 is 38.9. The molecule has 0 atom stereocenters. The molecule has 0 bridgehead atoms. The maximum absolute atomic E-state index is 12.5. The minimum absolute atomic E-state index is 0.131. The average Bonchev–Trinajstić information content (AvgIpc) is 2.75. The van der Waals surface area contributed by atoms with Gasteiger partial charge in [-0.15, -0.1) is 5.10 Å². The zero-order valence-corrected chi connectivity index (χ0v) is 9.22. The maximum atomic E-state index is 12.5. The normalized spacial score (nSPS) is 11.8. The first-order valence-corrected chi connectivity index (χ1v) is 5.12. The topological polar surface area (TPSA) is 69.6 Å². The van der Waals surface area contributed by atoms with Crippen LogP contribution < -0.4 is 5.73 Å². The Labute approximate surface area is 100 Å². The molecule has 0 amide bonds. The van der Waals surface area contributed by atoms with Crippen molar-refractivity contribution < 1.29 is 13.2 Å². The molecule has 5 nitrogen and oxygen atoms in total. The van der Waals surface area contributed by atoms with Crippen molar-refractivity contribution >= 4 is 0 Å². The summed E-state index contributed by atoms with van der Waals surface area (Å²) in [7, 11) is 0. The molecule has 96 valence electrons. The summed E-state index contributed by atoms with van der Waals surface area (Å²) in [5, 5.41) is 10.7. The minimum atomic E-state index is -4.35. The van der Waals surface area contributed by atoms with E-state index in [-0.39, 0.29) is 13.1 Å². The molecular formula is C10H10F3N5. The molecule has 0 saturated heterocycles. The number of hydrogen-bond acceptors (Lipinski definition) is 4. The fraction of sp³-hybridized carbons (Fsp3) is 0.300. The van der Waals surface area contributed by atoms with Gasteiger partial charge in [0.05, 0.1) is 18.7 Å². The van der Waals surface area contributed by atoms with E-state index >= 15 is 0 Å². The Morgan fingerprint density at radius 2 is 2.06 bits per heavy atom. The Morgan fingerprint density at radius 3 is 2.72 bits per heavy atom. The molecule has 18 heavy (non-hydrogen) atoms. The molecule has 0 saturated carbocycles. The summed E-state index contributed by atoms with van der Waals surface area (Å²) in [6.45, 7) is 0.287. The Hall–Kier alpha value is -1.96. The monoisotopic (exact) mass is 257 g/mol. The number of benzene rings is 1. The summed E-state index contributed by atoms with van der Waals surface area (Å²) in [6, 6.07) is 5.02. The molecular weight excluding hydrogens is 247 g/mol. The van der Waals surface area contributed by atoms with Crippen molar-refractivity contribution in [1.29, 1.82) is 0 Å². The number of rotatable bonds is 3. The molecule has 0 aliphatic carbocycles. The summed E-state index contributed by atoms with van der Waals surface area (Å²) >= 11 is 0. The van der Waals surface area contributed by atoms with Gasteiger partial charge in [-0.05, 0) is 28.1 Å². The molecule has 8 heteroatoms.